The van der Waals surface area contributed by atoms with Crippen LogP contribution in [0.1, 0.15) is 11.1 Å². The second kappa shape index (κ2) is 9.13. The number of nitrogens with one attached hydrogen (secondary N) is 1. The Morgan fingerprint density at radius 2 is 1.76 bits per heavy atom. The highest BCUT2D eigenvalue weighted by molar-refractivity contribution is 8.00. The van der Waals surface area contributed by atoms with Crippen molar-refractivity contribution in [3.63, 3.8) is 0 Å². The van der Waals surface area contributed by atoms with E-state index in [9.17, 15) is 9.59 Å². The number of ether oxygens (including phenoxy) is 1. The van der Waals surface area contributed by atoms with E-state index < -0.39 is 5.97 Å². The van der Waals surface area contributed by atoms with Gasteiger partial charge in [0.15, 0.2) is 6.61 Å². The first-order chi connectivity index (χ1) is 11.8. The lowest BCUT2D eigenvalue weighted by Gasteiger charge is -2.09. The second-order valence-electron chi connectivity index (χ2n) is 5.45. The Balaban J connectivity index is 1.79. The van der Waals surface area contributed by atoms with Gasteiger partial charge < -0.3 is 10.1 Å². The average Bonchev–Trinajstić information content (AvgIpc) is 2.52. The molecule has 132 valence electrons. The lowest BCUT2D eigenvalue weighted by Crippen LogP contribution is -2.21. The summed E-state index contributed by atoms with van der Waals surface area (Å²) >= 11 is 13.1. The number of carbonyl (C=O) groups excluding carboxylic acids is 2. The van der Waals surface area contributed by atoms with Crippen LogP contribution in [-0.2, 0) is 14.3 Å². The Morgan fingerprint density at radius 3 is 2.44 bits per heavy atom. The number of hydrogen-bond donors (Lipinski definition) is 1. The van der Waals surface area contributed by atoms with E-state index in [0.29, 0.717) is 20.6 Å². The molecule has 0 radical (unpaired) electrons. The second-order valence-corrected chi connectivity index (χ2v) is 7.31. The zero-order valence-corrected chi connectivity index (χ0v) is 16.1. The summed E-state index contributed by atoms with van der Waals surface area (Å²) in [5.41, 5.74) is 2.77. The fraction of sp³-hybridized carbons (Fsp3) is 0.222. The van der Waals surface area contributed by atoms with Gasteiger partial charge in [-0.05, 0) is 55.3 Å². The molecule has 4 nitrogen and oxygen atoms in total. The van der Waals surface area contributed by atoms with E-state index in [0.717, 1.165) is 11.1 Å². The summed E-state index contributed by atoms with van der Waals surface area (Å²) in [5, 5.41) is 3.75. The molecule has 0 spiro atoms. The van der Waals surface area contributed by atoms with Crippen molar-refractivity contribution in [3.05, 3.63) is 57.6 Å². The van der Waals surface area contributed by atoms with Gasteiger partial charge in [-0.2, -0.15) is 0 Å². The maximum Gasteiger partial charge on any atom is 0.316 e. The minimum Gasteiger partial charge on any atom is -0.455 e. The molecule has 2 aromatic rings. The summed E-state index contributed by atoms with van der Waals surface area (Å²) < 4.78 is 4.98. The van der Waals surface area contributed by atoms with Gasteiger partial charge >= 0.3 is 5.97 Å². The highest BCUT2D eigenvalue weighted by atomic mass is 35.5. The van der Waals surface area contributed by atoms with Gasteiger partial charge in [0, 0.05) is 15.6 Å². The molecule has 2 rings (SSSR count). The first-order valence-electron chi connectivity index (χ1n) is 7.45. The van der Waals surface area contributed by atoms with Crippen molar-refractivity contribution in [2.45, 2.75) is 18.7 Å². The first kappa shape index (κ1) is 19.6. The predicted molar refractivity (Wildman–Crippen MR) is 103 cm³/mol. The quantitative estimate of drug-likeness (QED) is 0.557. The molecule has 1 amide bonds. The third-order valence-corrected chi connectivity index (χ3v) is 4.81. The molecule has 0 heterocycles. The number of aryl methyl sites for hydroxylation is 2. The smallest absolute Gasteiger partial charge is 0.316 e. The standard InChI is InChI=1S/C18H17Cl2NO3S/c1-11-5-12(2)7-14(6-11)21-17(22)9-24-18(23)10-25-16-8-13(19)3-4-15(16)20/h3-8H,9-10H2,1-2H3,(H,21,22). The van der Waals surface area contributed by atoms with Gasteiger partial charge in [-0.1, -0.05) is 29.3 Å². The summed E-state index contributed by atoms with van der Waals surface area (Å²) in [6.45, 7) is 3.55. The van der Waals surface area contributed by atoms with Crippen LogP contribution in [0.25, 0.3) is 0 Å². The molecule has 0 atom stereocenters. The number of carbonyl (C=O) groups is 2. The normalized spacial score (nSPS) is 10.4. The Bertz CT molecular complexity index is 776. The molecular weight excluding hydrogens is 381 g/mol. The number of anilines is 1. The number of benzene rings is 2. The summed E-state index contributed by atoms with van der Waals surface area (Å²) in [6.07, 6.45) is 0. The molecule has 0 aromatic heterocycles. The highest BCUT2D eigenvalue weighted by Gasteiger charge is 2.11. The van der Waals surface area contributed by atoms with E-state index in [1.807, 2.05) is 32.0 Å². The number of halogens is 2. The predicted octanol–water partition coefficient (Wildman–Crippen LogP) is 4.88. The van der Waals surface area contributed by atoms with E-state index >= 15 is 0 Å². The van der Waals surface area contributed by atoms with E-state index in [-0.39, 0.29) is 18.3 Å². The molecule has 0 aliphatic heterocycles. The van der Waals surface area contributed by atoms with Crippen molar-refractivity contribution in [1.29, 1.82) is 0 Å². The van der Waals surface area contributed by atoms with Crippen LogP contribution >= 0.6 is 35.0 Å². The van der Waals surface area contributed by atoms with Gasteiger partial charge in [-0.25, -0.2) is 0 Å². The van der Waals surface area contributed by atoms with Crippen molar-refractivity contribution < 1.29 is 14.3 Å². The van der Waals surface area contributed by atoms with Crippen LogP contribution in [0.15, 0.2) is 41.3 Å². The van der Waals surface area contributed by atoms with Crippen molar-refractivity contribution in [1.82, 2.24) is 0 Å². The van der Waals surface area contributed by atoms with Gasteiger partial charge in [0.25, 0.3) is 5.91 Å². The van der Waals surface area contributed by atoms with Crippen molar-refractivity contribution in [3.8, 4) is 0 Å². The van der Waals surface area contributed by atoms with Crippen LogP contribution in [0, 0.1) is 13.8 Å². The van der Waals surface area contributed by atoms with Crippen molar-refractivity contribution >= 4 is 52.5 Å². The minimum absolute atomic E-state index is 0.0386. The molecule has 25 heavy (non-hydrogen) atoms. The first-order valence-corrected chi connectivity index (χ1v) is 9.19. The minimum atomic E-state index is -0.503. The van der Waals surface area contributed by atoms with Gasteiger partial charge in [-0.15, -0.1) is 11.8 Å². The summed E-state index contributed by atoms with van der Waals surface area (Å²) in [7, 11) is 0. The molecule has 0 aliphatic rings. The number of rotatable bonds is 6. The fourth-order valence-corrected chi connectivity index (χ4v) is 3.45. The average molecular weight is 398 g/mol. The monoisotopic (exact) mass is 397 g/mol. The topological polar surface area (TPSA) is 55.4 Å². The van der Waals surface area contributed by atoms with Gasteiger partial charge in [0.2, 0.25) is 0 Å². The maximum atomic E-state index is 11.9. The molecular formula is C18H17Cl2NO3S. The summed E-state index contributed by atoms with van der Waals surface area (Å²) in [6, 6.07) is 10.7. The molecule has 0 fully saturated rings. The van der Waals surface area contributed by atoms with Crippen LogP contribution in [0.2, 0.25) is 10.0 Å². The van der Waals surface area contributed by atoms with Crippen LogP contribution in [0.3, 0.4) is 0 Å². The van der Waals surface area contributed by atoms with Crippen LogP contribution in [-0.4, -0.2) is 24.2 Å². The Kier molecular flexibility index (Phi) is 7.17. The summed E-state index contributed by atoms with van der Waals surface area (Å²) in [5.74, 6) is -0.850. The fourth-order valence-electron chi connectivity index (χ4n) is 2.16. The zero-order chi connectivity index (χ0) is 18.4. The molecule has 7 heteroatoms. The van der Waals surface area contributed by atoms with E-state index in [1.54, 1.807) is 18.2 Å². The molecule has 0 aliphatic carbocycles. The lowest BCUT2D eigenvalue weighted by atomic mass is 10.1. The van der Waals surface area contributed by atoms with Crippen molar-refractivity contribution in [2.24, 2.45) is 0 Å². The van der Waals surface area contributed by atoms with Gasteiger partial charge in [-0.3, -0.25) is 9.59 Å². The Labute approximate surface area is 160 Å². The third-order valence-electron chi connectivity index (χ3n) is 3.11. The van der Waals surface area contributed by atoms with Crippen molar-refractivity contribution in [2.75, 3.05) is 17.7 Å². The summed E-state index contributed by atoms with van der Waals surface area (Å²) in [4.78, 5) is 24.3. The molecule has 1 N–H and O–H groups in total. The van der Waals surface area contributed by atoms with E-state index in [2.05, 4.69) is 5.32 Å². The van der Waals surface area contributed by atoms with Crippen LogP contribution in [0.5, 0.6) is 0 Å². The lowest BCUT2D eigenvalue weighted by molar-refractivity contribution is -0.144. The molecule has 0 saturated heterocycles. The highest BCUT2D eigenvalue weighted by Crippen LogP contribution is 2.29. The Hall–Kier alpha value is -1.69. The number of hydrogen-bond acceptors (Lipinski definition) is 4. The van der Waals surface area contributed by atoms with Crippen LogP contribution < -0.4 is 5.32 Å². The van der Waals surface area contributed by atoms with Crippen LogP contribution in [0.4, 0.5) is 5.69 Å². The van der Waals surface area contributed by atoms with Gasteiger partial charge in [0.1, 0.15) is 0 Å². The van der Waals surface area contributed by atoms with E-state index in [4.69, 9.17) is 27.9 Å². The zero-order valence-electron chi connectivity index (χ0n) is 13.8. The number of amides is 1. The molecule has 0 unspecified atom stereocenters. The van der Waals surface area contributed by atoms with E-state index in [1.165, 1.54) is 11.8 Å². The number of thioether (sulfide) groups is 1. The SMILES string of the molecule is Cc1cc(C)cc(NC(=O)COC(=O)CSc2cc(Cl)ccc2Cl)c1. The van der Waals surface area contributed by atoms with Gasteiger partial charge in [0.05, 0.1) is 10.8 Å². The molecule has 0 saturated carbocycles. The Morgan fingerprint density at radius 1 is 1.08 bits per heavy atom. The maximum absolute atomic E-state index is 11.9. The molecule has 0 bridgehead atoms. The number of esters is 1. The molecule has 2 aromatic carbocycles. The third kappa shape index (κ3) is 6.61. The largest absolute Gasteiger partial charge is 0.455 e.